The fraction of sp³-hybridized carbons (Fsp3) is 0.658. The highest BCUT2D eigenvalue weighted by Gasteiger charge is 2.45. The van der Waals surface area contributed by atoms with Crippen LogP contribution in [0.15, 0.2) is 30.3 Å². The molecule has 1 N–H and O–H groups in total. The summed E-state index contributed by atoms with van der Waals surface area (Å²) in [6.07, 6.45) is 11.9. The molecule has 4 heteroatoms. The topological polar surface area (TPSA) is 42.4 Å². The molecule has 0 saturated heterocycles. The summed E-state index contributed by atoms with van der Waals surface area (Å²) >= 11 is 0. The summed E-state index contributed by atoms with van der Waals surface area (Å²) in [4.78, 5) is 5.63. The monoisotopic (exact) mass is 587 g/mol. The number of nitrogens with zero attached hydrogens (tertiary/aromatic N) is 1. The van der Waals surface area contributed by atoms with Crippen molar-refractivity contribution in [2.45, 2.75) is 155 Å². The molecule has 0 aliphatic heterocycles. The minimum absolute atomic E-state index is 0.00173. The van der Waals surface area contributed by atoms with Crippen LogP contribution in [0.4, 0.5) is 0 Å². The van der Waals surface area contributed by atoms with Gasteiger partial charge in [-0.3, -0.25) is 4.98 Å². The Hall–Kier alpha value is -1.75. The summed E-state index contributed by atoms with van der Waals surface area (Å²) in [5.41, 5.74) is 9.88. The highest BCUT2D eigenvalue weighted by atomic mass is 28.4. The lowest BCUT2D eigenvalue weighted by molar-refractivity contribution is 0.105. The molecule has 0 spiro atoms. The molecule has 1 unspecified atom stereocenters. The van der Waals surface area contributed by atoms with Gasteiger partial charge in [-0.1, -0.05) is 98.6 Å². The van der Waals surface area contributed by atoms with Gasteiger partial charge in [0.2, 0.25) is 0 Å². The van der Waals surface area contributed by atoms with Crippen LogP contribution in [0.1, 0.15) is 164 Å². The zero-order valence-corrected chi connectivity index (χ0v) is 29.3. The number of aliphatic hydroxyl groups is 1. The van der Waals surface area contributed by atoms with E-state index in [2.05, 4.69) is 98.8 Å². The number of aromatic nitrogens is 1. The van der Waals surface area contributed by atoms with E-state index in [4.69, 9.17) is 9.41 Å². The van der Waals surface area contributed by atoms with Crippen molar-refractivity contribution in [1.82, 2.24) is 4.98 Å². The molecule has 1 aromatic carbocycles. The lowest BCUT2D eigenvalue weighted by Gasteiger charge is -2.45. The number of benzene rings is 1. The predicted molar refractivity (Wildman–Crippen MR) is 180 cm³/mol. The predicted octanol–water partition coefficient (Wildman–Crippen LogP) is 10.7. The Labute approximate surface area is 257 Å². The van der Waals surface area contributed by atoms with Gasteiger partial charge in [0.1, 0.15) is 6.10 Å². The van der Waals surface area contributed by atoms with Gasteiger partial charge in [-0.05, 0) is 96.2 Å². The van der Waals surface area contributed by atoms with Crippen molar-refractivity contribution in [2.24, 2.45) is 5.41 Å². The van der Waals surface area contributed by atoms with Gasteiger partial charge in [-0.15, -0.1) is 0 Å². The van der Waals surface area contributed by atoms with Gasteiger partial charge in [0, 0.05) is 22.7 Å². The van der Waals surface area contributed by atoms with Crippen LogP contribution >= 0.6 is 0 Å². The first-order valence-corrected chi connectivity index (χ1v) is 19.6. The van der Waals surface area contributed by atoms with Gasteiger partial charge in [-0.25, -0.2) is 0 Å². The number of hydrogen-bond donors (Lipinski definition) is 1. The first-order chi connectivity index (χ1) is 19.5. The molecule has 3 aliphatic rings. The van der Waals surface area contributed by atoms with Crippen LogP contribution in [0.3, 0.4) is 0 Å². The van der Waals surface area contributed by atoms with Crippen LogP contribution in [0.2, 0.25) is 18.1 Å². The quantitative estimate of drug-likeness (QED) is 0.342. The first-order valence-electron chi connectivity index (χ1n) is 16.7. The molecule has 0 radical (unpaired) electrons. The third kappa shape index (κ3) is 6.24. The molecule has 1 heterocycles. The lowest BCUT2D eigenvalue weighted by atomic mass is 9.71. The molecule has 2 aromatic rings. The van der Waals surface area contributed by atoms with Gasteiger partial charge in [0.05, 0.1) is 11.8 Å². The van der Waals surface area contributed by atoms with Crippen LogP contribution in [-0.2, 0) is 16.3 Å². The molecule has 0 amide bonds. The minimum Gasteiger partial charge on any atom is -0.410 e. The van der Waals surface area contributed by atoms with E-state index >= 15 is 0 Å². The van der Waals surface area contributed by atoms with Gasteiger partial charge in [0.15, 0.2) is 8.32 Å². The molecular formula is C38H57NO2Si. The number of allylic oxidation sites excluding steroid dienone is 2. The first kappa shape index (κ1) is 31.7. The molecular weight excluding hydrogens is 531 g/mol. The van der Waals surface area contributed by atoms with Gasteiger partial charge in [-0.2, -0.15) is 0 Å². The summed E-state index contributed by atoms with van der Waals surface area (Å²) in [6.45, 7) is 23.3. The van der Waals surface area contributed by atoms with Gasteiger partial charge < -0.3 is 9.53 Å². The number of fused-ring (bicyclic) bond motifs is 1. The number of hydrogen-bond acceptors (Lipinski definition) is 3. The van der Waals surface area contributed by atoms with Crippen LogP contribution in [0, 0.1) is 5.41 Å². The summed E-state index contributed by atoms with van der Waals surface area (Å²) in [6, 6.07) is 8.69. The van der Waals surface area contributed by atoms with E-state index < -0.39 is 14.4 Å². The van der Waals surface area contributed by atoms with E-state index in [1.807, 2.05) is 0 Å². The summed E-state index contributed by atoms with van der Waals surface area (Å²) < 4.78 is 7.37. The third-order valence-corrected chi connectivity index (χ3v) is 15.3. The normalized spacial score (nSPS) is 22.3. The molecule has 1 aromatic heterocycles. The SMILES string of the molecule is CC1(C)Cc2nc(C3CCCC3)c([C@@H](O)c3cccc(C(C)(C)C)c3)c(C3=CCCC3)c2C(O[Si](C)(C)C(C)(C)C)C1. The Morgan fingerprint density at radius 1 is 1.02 bits per heavy atom. The van der Waals surface area contributed by atoms with Crippen molar-refractivity contribution in [1.29, 1.82) is 0 Å². The number of rotatable bonds is 6. The second kappa shape index (κ2) is 11.3. The fourth-order valence-electron chi connectivity index (χ4n) is 7.30. The Bertz CT molecular complexity index is 1330. The van der Waals surface area contributed by atoms with Gasteiger partial charge in [0.25, 0.3) is 0 Å². The second-order valence-corrected chi connectivity index (χ2v) is 21.7. The van der Waals surface area contributed by atoms with E-state index in [0.717, 1.165) is 36.8 Å². The van der Waals surface area contributed by atoms with Crippen molar-refractivity contribution >= 4 is 13.9 Å². The Kier molecular flexibility index (Phi) is 8.53. The average molecular weight is 588 g/mol. The highest BCUT2D eigenvalue weighted by Crippen LogP contribution is 2.53. The Balaban J connectivity index is 1.79. The Morgan fingerprint density at radius 3 is 2.31 bits per heavy atom. The van der Waals surface area contributed by atoms with Crippen LogP contribution in [0.5, 0.6) is 0 Å². The van der Waals surface area contributed by atoms with E-state index in [1.54, 1.807) is 0 Å². The smallest absolute Gasteiger partial charge is 0.192 e. The molecule has 230 valence electrons. The zero-order chi connectivity index (χ0) is 30.7. The molecule has 0 bridgehead atoms. The maximum absolute atomic E-state index is 12.5. The van der Waals surface area contributed by atoms with Crippen molar-refractivity contribution in [2.75, 3.05) is 0 Å². The summed E-state index contributed by atoms with van der Waals surface area (Å²) in [5, 5.41) is 12.6. The van der Waals surface area contributed by atoms with E-state index in [1.165, 1.54) is 65.8 Å². The molecule has 5 rings (SSSR count). The number of pyridine rings is 1. The van der Waals surface area contributed by atoms with Crippen LogP contribution in [-0.4, -0.2) is 18.4 Å². The van der Waals surface area contributed by atoms with Crippen molar-refractivity contribution in [3.8, 4) is 0 Å². The number of aliphatic hydroxyl groups excluding tert-OH is 1. The summed E-state index contributed by atoms with van der Waals surface area (Å²) in [5.74, 6) is 0.413. The standard InChI is InChI=1S/C38H57NO2Si/c1-36(2,3)28-21-15-20-27(22-28)35(40)33-31(25-16-11-12-17-25)32-29(39-34(33)26-18-13-14-19-26)23-38(7,8)24-30(32)41-42(9,10)37(4,5)6/h15-16,20-22,26,30,35,40H,11-14,17-19,23-24H2,1-10H3/t30?,35-/m0/s1. The van der Waals surface area contributed by atoms with Crippen molar-refractivity contribution < 1.29 is 9.53 Å². The average Bonchev–Trinajstić information content (AvgIpc) is 3.60. The maximum atomic E-state index is 12.5. The molecule has 42 heavy (non-hydrogen) atoms. The molecule has 3 nitrogen and oxygen atoms in total. The van der Waals surface area contributed by atoms with Crippen LogP contribution < -0.4 is 0 Å². The minimum atomic E-state index is -2.07. The van der Waals surface area contributed by atoms with Crippen molar-refractivity contribution in [3.05, 3.63) is 69.5 Å². The molecule has 2 atom stereocenters. The highest BCUT2D eigenvalue weighted by molar-refractivity contribution is 6.74. The summed E-state index contributed by atoms with van der Waals surface area (Å²) in [7, 11) is -2.07. The lowest BCUT2D eigenvalue weighted by Crippen LogP contribution is -2.44. The van der Waals surface area contributed by atoms with Crippen LogP contribution in [0.25, 0.3) is 5.57 Å². The largest absolute Gasteiger partial charge is 0.410 e. The van der Waals surface area contributed by atoms with Crippen molar-refractivity contribution in [3.63, 3.8) is 0 Å². The molecule has 1 saturated carbocycles. The van der Waals surface area contributed by atoms with Gasteiger partial charge >= 0.3 is 0 Å². The van der Waals surface area contributed by atoms with E-state index in [0.29, 0.717) is 5.92 Å². The second-order valence-electron chi connectivity index (χ2n) is 16.9. The Morgan fingerprint density at radius 2 is 1.71 bits per heavy atom. The van der Waals surface area contributed by atoms with E-state index in [9.17, 15) is 5.11 Å². The zero-order valence-electron chi connectivity index (χ0n) is 28.3. The molecule has 1 fully saturated rings. The molecule has 3 aliphatic carbocycles. The fourth-order valence-corrected chi connectivity index (χ4v) is 8.57. The maximum Gasteiger partial charge on any atom is 0.192 e. The third-order valence-electron chi connectivity index (χ3n) is 10.8. The van der Waals surface area contributed by atoms with E-state index in [-0.39, 0.29) is 22.0 Å².